The zero-order valence-corrected chi connectivity index (χ0v) is 17.8. The Labute approximate surface area is 176 Å². The van der Waals surface area contributed by atoms with E-state index in [1.165, 1.54) is 14.2 Å². The molecule has 2 aromatic rings. The Bertz CT molecular complexity index is 877. The first-order valence-corrected chi connectivity index (χ1v) is 9.69. The summed E-state index contributed by atoms with van der Waals surface area (Å²) in [4.78, 5) is 26.5. The highest BCUT2D eigenvalue weighted by Gasteiger charge is 2.14. The maximum atomic E-state index is 12.3. The maximum absolute atomic E-state index is 12.3. The molecule has 0 aromatic heterocycles. The third kappa shape index (κ3) is 6.23. The quantitative estimate of drug-likeness (QED) is 0.462. The molecular formula is C22H28N4O4. The van der Waals surface area contributed by atoms with Crippen LogP contribution in [0.2, 0.25) is 0 Å². The van der Waals surface area contributed by atoms with Crippen molar-refractivity contribution < 1.29 is 19.1 Å². The number of benzene rings is 2. The highest BCUT2D eigenvalue weighted by atomic mass is 16.5. The van der Waals surface area contributed by atoms with Crippen LogP contribution in [0.25, 0.3) is 0 Å². The lowest BCUT2D eigenvalue weighted by molar-refractivity contribution is -0.120. The number of anilines is 1. The van der Waals surface area contributed by atoms with Crippen LogP contribution < -0.4 is 25.1 Å². The van der Waals surface area contributed by atoms with Crippen LogP contribution in [0.15, 0.2) is 47.6 Å². The number of carbonyl (C=O) groups is 2. The fourth-order valence-electron chi connectivity index (χ4n) is 2.82. The summed E-state index contributed by atoms with van der Waals surface area (Å²) in [5, 5.41) is 6.47. The van der Waals surface area contributed by atoms with Crippen LogP contribution in [-0.4, -0.2) is 51.9 Å². The van der Waals surface area contributed by atoms with Gasteiger partial charge in [0.1, 0.15) is 11.5 Å². The highest BCUT2D eigenvalue weighted by Crippen LogP contribution is 2.24. The molecule has 0 radical (unpaired) electrons. The molecule has 0 aliphatic carbocycles. The smallest absolute Gasteiger partial charge is 0.259 e. The molecule has 0 saturated heterocycles. The summed E-state index contributed by atoms with van der Waals surface area (Å²) < 4.78 is 10.3. The van der Waals surface area contributed by atoms with Gasteiger partial charge in [-0.15, -0.1) is 0 Å². The fourth-order valence-corrected chi connectivity index (χ4v) is 2.82. The van der Waals surface area contributed by atoms with E-state index in [0.717, 1.165) is 24.3 Å². The molecule has 0 fully saturated rings. The third-order valence-electron chi connectivity index (χ3n) is 4.49. The lowest BCUT2D eigenvalue weighted by Gasteiger charge is -2.20. The van der Waals surface area contributed by atoms with Crippen LogP contribution in [0.3, 0.4) is 0 Å². The van der Waals surface area contributed by atoms with E-state index in [4.69, 9.17) is 9.47 Å². The van der Waals surface area contributed by atoms with Crippen molar-refractivity contribution in [3.05, 3.63) is 53.6 Å². The van der Waals surface area contributed by atoms with E-state index in [2.05, 4.69) is 34.6 Å². The van der Waals surface area contributed by atoms with E-state index in [9.17, 15) is 9.59 Å². The number of amides is 2. The second-order valence-corrected chi connectivity index (χ2v) is 6.31. The highest BCUT2D eigenvalue weighted by molar-refractivity contribution is 5.99. The van der Waals surface area contributed by atoms with Crippen molar-refractivity contribution in [3.8, 4) is 11.5 Å². The Kier molecular flexibility index (Phi) is 8.68. The number of nitrogens with zero attached hydrogens (tertiary/aromatic N) is 2. The molecule has 2 amide bonds. The zero-order chi connectivity index (χ0) is 21.9. The predicted octanol–water partition coefficient (Wildman–Crippen LogP) is 2.43. The average Bonchev–Trinajstić information content (AvgIpc) is 2.78. The molecule has 2 aromatic carbocycles. The molecule has 0 aliphatic heterocycles. The summed E-state index contributed by atoms with van der Waals surface area (Å²) >= 11 is 0. The second-order valence-electron chi connectivity index (χ2n) is 6.31. The Balaban J connectivity index is 1.85. The van der Waals surface area contributed by atoms with Crippen LogP contribution in [0, 0.1) is 0 Å². The number of carbonyl (C=O) groups excluding carboxylic acids is 2. The first-order chi connectivity index (χ1) is 14.5. The Hall–Kier alpha value is -3.55. The van der Waals surface area contributed by atoms with Gasteiger partial charge in [0.25, 0.3) is 11.8 Å². The molecular weight excluding hydrogens is 384 g/mol. The molecule has 0 aliphatic rings. The number of rotatable bonds is 10. The van der Waals surface area contributed by atoms with Gasteiger partial charge in [-0.05, 0) is 43.7 Å². The van der Waals surface area contributed by atoms with Crippen molar-refractivity contribution in [1.82, 2.24) is 10.7 Å². The van der Waals surface area contributed by atoms with Crippen LogP contribution in [0.5, 0.6) is 11.5 Å². The summed E-state index contributed by atoms with van der Waals surface area (Å²) in [6.45, 7) is 5.88. The van der Waals surface area contributed by atoms with Crippen molar-refractivity contribution >= 4 is 23.7 Å². The first-order valence-electron chi connectivity index (χ1n) is 9.69. The molecule has 0 atom stereocenters. The summed E-state index contributed by atoms with van der Waals surface area (Å²) in [5.74, 6) is 0.0616. The van der Waals surface area contributed by atoms with E-state index in [1.54, 1.807) is 24.4 Å². The van der Waals surface area contributed by atoms with Crippen molar-refractivity contribution in [2.24, 2.45) is 5.10 Å². The summed E-state index contributed by atoms with van der Waals surface area (Å²) in [6, 6.07) is 12.7. The number of methoxy groups -OCH3 is 2. The van der Waals surface area contributed by atoms with Gasteiger partial charge in [0.15, 0.2) is 0 Å². The first kappa shape index (κ1) is 22.7. The molecule has 2 rings (SSSR count). The van der Waals surface area contributed by atoms with Gasteiger partial charge < -0.3 is 19.7 Å². The second kappa shape index (κ2) is 11.5. The van der Waals surface area contributed by atoms with Crippen molar-refractivity contribution in [3.63, 3.8) is 0 Å². The average molecular weight is 412 g/mol. The predicted molar refractivity (Wildman–Crippen MR) is 118 cm³/mol. The Morgan fingerprint density at radius 2 is 1.73 bits per heavy atom. The molecule has 8 heteroatoms. The lowest BCUT2D eigenvalue weighted by Crippen LogP contribution is -2.35. The van der Waals surface area contributed by atoms with E-state index < -0.39 is 11.8 Å². The molecule has 160 valence electrons. The molecule has 0 unspecified atom stereocenters. The summed E-state index contributed by atoms with van der Waals surface area (Å²) in [5.41, 5.74) is 4.70. The van der Waals surface area contributed by atoms with Crippen LogP contribution in [0.4, 0.5) is 5.69 Å². The SMILES string of the molecule is CCN(CC)c1ccc(/C=N/NC(=O)CNC(=O)c2ccc(OC)cc2OC)cc1. The number of hydrogen-bond donors (Lipinski definition) is 2. The molecule has 30 heavy (non-hydrogen) atoms. The number of hydrazone groups is 1. The maximum Gasteiger partial charge on any atom is 0.259 e. The summed E-state index contributed by atoms with van der Waals surface area (Å²) in [6.07, 6.45) is 1.55. The zero-order valence-electron chi connectivity index (χ0n) is 17.8. The Morgan fingerprint density at radius 3 is 2.33 bits per heavy atom. The van der Waals surface area contributed by atoms with Gasteiger partial charge in [0, 0.05) is 24.8 Å². The van der Waals surface area contributed by atoms with Gasteiger partial charge in [-0.25, -0.2) is 5.43 Å². The van der Waals surface area contributed by atoms with Crippen LogP contribution >= 0.6 is 0 Å². The van der Waals surface area contributed by atoms with Crippen molar-refractivity contribution in [2.45, 2.75) is 13.8 Å². The van der Waals surface area contributed by atoms with Crippen molar-refractivity contribution in [1.29, 1.82) is 0 Å². The number of hydrogen-bond acceptors (Lipinski definition) is 6. The monoisotopic (exact) mass is 412 g/mol. The minimum absolute atomic E-state index is 0.216. The molecule has 8 nitrogen and oxygen atoms in total. The number of ether oxygens (including phenoxy) is 2. The Morgan fingerprint density at radius 1 is 1.03 bits per heavy atom. The largest absolute Gasteiger partial charge is 0.497 e. The van der Waals surface area contributed by atoms with Crippen LogP contribution in [-0.2, 0) is 4.79 Å². The minimum Gasteiger partial charge on any atom is -0.497 e. The van der Waals surface area contributed by atoms with Gasteiger partial charge >= 0.3 is 0 Å². The summed E-state index contributed by atoms with van der Waals surface area (Å²) in [7, 11) is 2.99. The van der Waals surface area contributed by atoms with Crippen LogP contribution in [0.1, 0.15) is 29.8 Å². The topological polar surface area (TPSA) is 92.3 Å². The van der Waals surface area contributed by atoms with Gasteiger partial charge in [-0.3, -0.25) is 9.59 Å². The van der Waals surface area contributed by atoms with Gasteiger partial charge in [-0.1, -0.05) is 12.1 Å². The standard InChI is InChI=1S/C22H28N4O4/c1-5-26(6-2)17-9-7-16(8-10-17)14-24-25-21(27)15-23-22(28)19-12-11-18(29-3)13-20(19)30-4/h7-14H,5-6,15H2,1-4H3,(H,23,28)(H,25,27)/b24-14+. The van der Waals surface area contributed by atoms with Gasteiger partial charge in [0.05, 0.1) is 32.5 Å². The minimum atomic E-state index is -0.438. The molecule has 0 heterocycles. The number of nitrogens with one attached hydrogen (secondary N) is 2. The fraction of sp³-hybridized carbons (Fsp3) is 0.318. The van der Waals surface area contributed by atoms with E-state index in [1.807, 2.05) is 24.3 Å². The molecule has 0 spiro atoms. The molecule has 0 bridgehead atoms. The van der Waals surface area contributed by atoms with Crippen molar-refractivity contribution in [2.75, 3.05) is 38.8 Å². The van der Waals surface area contributed by atoms with Gasteiger partial charge in [0.2, 0.25) is 0 Å². The third-order valence-corrected chi connectivity index (χ3v) is 4.49. The molecule has 0 saturated carbocycles. The normalized spacial score (nSPS) is 10.5. The van der Waals surface area contributed by atoms with E-state index in [-0.39, 0.29) is 6.54 Å². The lowest BCUT2D eigenvalue weighted by atomic mass is 10.1. The van der Waals surface area contributed by atoms with E-state index >= 15 is 0 Å². The molecule has 2 N–H and O–H groups in total. The van der Waals surface area contributed by atoms with Gasteiger partial charge in [-0.2, -0.15) is 5.10 Å². The van der Waals surface area contributed by atoms with E-state index in [0.29, 0.717) is 17.1 Å².